The molecule has 0 saturated heterocycles. The lowest BCUT2D eigenvalue weighted by molar-refractivity contribution is 0.683. The molecule has 0 fully saturated rings. The van der Waals surface area contributed by atoms with Crippen molar-refractivity contribution in [1.29, 1.82) is 0 Å². The van der Waals surface area contributed by atoms with Gasteiger partial charge in [-0.25, -0.2) is 0 Å². The van der Waals surface area contributed by atoms with Crippen LogP contribution >= 0.6 is 22.6 Å². The zero-order chi connectivity index (χ0) is 10.7. The highest BCUT2D eigenvalue weighted by atomic mass is 127. The van der Waals surface area contributed by atoms with Gasteiger partial charge in [0.25, 0.3) is 0 Å². The van der Waals surface area contributed by atoms with Gasteiger partial charge in [-0.3, -0.25) is 4.68 Å². The molecule has 2 rings (SSSR count). The van der Waals surface area contributed by atoms with Crippen molar-refractivity contribution >= 4 is 28.3 Å². The van der Waals surface area contributed by atoms with Gasteiger partial charge in [0.2, 0.25) is 0 Å². The van der Waals surface area contributed by atoms with Crippen LogP contribution in [0, 0.1) is 3.57 Å². The van der Waals surface area contributed by atoms with E-state index in [-0.39, 0.29) is 0 Å². The summed E-state index contributed by atoms with van der Waals surface area (Å²) in [5, 5.41) is 11.0. The monoisotopic (exact) mass is 314 g/mol. The molecule has 0 amide bonds. The van der Waals surface area contributed by atoms with Crippen molar-refractivity contribution in [2.24, 2.45) is 7.05 Å². The largest absolute Gasteiger partial charge is 0.379 e. The highest BCUT2D eigenvalue weighted by Gasteiger charge is 1.98. The lowest BCUT2D eigenvalue weighted by atomic mass is 10.3. The van der Waals surface area contributed by atoms with E-state index in [0.717, 1.165) is 17.9 Å². The van der Waals surface area contributed by atoms with Gasteiger partial charge in [-0.05, 0) is 46.9 Å². The molecule has 2 aromatic rings. The number of benzene rings is 1. The number of nitrogens with one attached hydrogen (secondary N) is 1. The van der Waals surface area contributed by atoms with Crippen LogP contribution in [0.3, 0.4) is 0 Å². The molecule has 0 aliphatic rings. The molecular weight excluding hydrogens is 303 g/mol. The number of anilines is 1. The van der Waals surface area contributed by atoms with Gasteiger partial charge in [0, 0.05) is 16.3 Å². The molecule has 0 atom stereocenters. The number of rotatable bonds is 3. The summed E-state index contributed by atoms with van der Waals surface area (Å²) in [6, 6.07) is 8.27. The van der Waals surface area contributed by atoms with E-state index in [1.54, 1.807) is 10.9 Å². The van der Waals surface area contributed by atoms with E-state index in [2.05, 4.69) is 62.5 Å². The lowest BCUT2D eigenvalue weighted by Crippen LogP contribution is -2.05. The Morgan fingerprint density at radius 2 is 2.07 bits per heavy atom. The first-order valence-electron chi connectivity index (χ1n) is 4.59. The van der Waals surface area contributed by atoms with Crippen molar-refractivity contribution in [2.45, 2.75) is 6.54 Å². The summed E-state index contributed by atoms with van der Waals surface area (Å²) in [5.41, 5.74) is 2.17. The summed E-state index contributed by atoms with van der Waals surface area (Å²) >= 11 is 2.29. The maximum absolute atomic E-state index is 3.87. The lowest BCUT2D eigenvalue weighted by Gasteiger charge is -2.05. The molecule has 78 valence electrons. The third-order valence-corrected chi connectivity index (χ3v) is 2.85. The molecule has 1 N–H and O–H groups in total. The Labute approximate surface area is 102 Å². The molecule has 1 aromatic heterocycles. The number of nitrogens with zero attached hydrogens (tertiary/aromatic N) is 3. The maximum Gasteiger partial charge on any atom is 0.0774 e. The minimum absolute atomic E-state index is 0.740. The second kappa shape index (κ2) is 4.61. The molecule has 0 aliphatic carbocycles. The van der Waals surface area contributed by atoms with E-state index in [1.165, 1.54) is 3.57 Å². The van der Waals surface area contributed by atoms with Gasteiger partial charge in [-0.15, -0.1) is 5.10 Å². The van der Waals surface area contributed by atoms with Crippen LogP contribution in [-0.2, 0) is 13.6 Å². The Morgan fingerprint density at radius 3 is 2.67 bits per heavy atom. The Kier molecular flexibility index (Phi) is 3.20. The van der Waals surface area contributed by atoms with Crippen molar-refractivity contribution in [3.8, 4) is 0 Å². The molecule has 0 radical (unpaired) electrons. The van der Waals surface area contributed by atoms with Crippen LogP contribution < -0.4 is 5.32 Å². The number of aryl methyl sites for hydroxylation is 1. The second-order valence-corrected chi connectivity index (χ2v) is 4.46. The van der Waals surface area contributed by atoms with Gasteiger partial charge in [-0.2, -0.15) is 0 Å². The van der Waals surface area contributed by atoms with Crippen molar-refractivity contribution in [3.05, 3.63) is 39.7 Å². The average molecular weight is 314 g/mol. The smallest absolute Gasteiger partial charge is 0.0774 e. The predicted octanol–water partition coefficient (Wildman–Crippen LogP) is 2.03. The summed E-state index contributed by atoms with van der Waals surface area (Å²) in [5.74, 6) is 0. The molecule has 0 aliphatic heterocycles. The van der Waals surface area contributed by atoms with Crippen LogP contribution in [-0.4, -0.2) is 15.0 Å². The van der Waals surface area contributed by atoms with Crippen LogP contribution in [0.2, 0.25) is 0 Å². The van der Waals surface area contributed by atoms with E-state index in [0.29, 0.717) is 0 Å². The quantitative estimate of drug-likeness (QED) is 0.882. The molecule has 1 heterocycles. The third kappa shape index (κ3) is 2.68. The second-order valence-electron chi connectivity index (χ2n) is 3.21. The first kappa shape index (κ1) is 10.4. The summed E-state index contributed by atoms with van der Waals surface area (Å²) in [7, 11) is 1.89. The van der Waals surface area contributed by atoms with Gasteiger partial charge < -0.3 is 5.32 Å². The van der Waals surface area contributed by atoms with Crippen molar-refractivity contribution in [1.82, 2.24) is 15.0 Å². The number of hydrogen-bond acceptors (Lipinski definition) is 3. The van der Waals surface area contributed by atoms with Crippen LogP contribution in [0.25, 0.3) is 0 Å². The van der Waals surface area contributed by atoms with Crippen LogP contribution in [0.1, 0.15) is 5.69 Å². The SMILES string of the molecule is Cn1nncc1CNc1ccc(I)cc1. The molecule has 0 bridgehead atoms. The fourth-order valence-electron chi connectivity index (χ4n) is 1.23. The van der Waals surface area contributed by atoms with Gasteiger partial charge in [0.05, 0.1) is 18.4 Å². The minimum atomic E-state index is 0.740. The molecular formula is C10H11IN4. The predicted molar refractivity (Wildman–Crippen MR) is 67.5 cm³/mol. The summed E-state index contributed by atoms with van der Waals surface area (Å²) in [6.45, 7) is 0.740. The first-order valence-corrected chi connectivity index (χ1v) is 5.66. The van der Waals surface area contributed by atoms with E-state index in [1.807, 2.05) is 7.05 Å². The maximum atomic E-state index is 3.87. The van der Waals surface area contributed by atoms with Gasteiger partial charge in [-0.1, -0.05) is 5.21 Å². The molecule has 5 heteroatoms. The van der Waals surface area contributed by atoms with Crippen molar-refractivity contribution in [3.63, 3.8) is 0 Å². The molecule has 0 saturated carbocycles. The average Bonchev–Trinajstić information content (AvgIpc) is 2.63. The zero-order valence-electron chi connectivity index (χ0n) is 8.31. The van der Waals surface area contributed by atoms with Crippen molar-refractivity contribution in [2.75, 3.05) is 5.32 Å². The Morgan fingerprint density at radius 1 is 1.33 bits per heavy atom. The molecule has 4 nitrogen and oxygen atoms in total. The van der Waals surface area contributed by atoms with Gasteiger partial charge in [0.15, 0.2) is 0 Å². The molecule has 1 aromatic carbocycles. The number of aromatic nitrogens is 3. The summed E-state index contributed by atoms with van der Waals surface area (Å²) in [6.07, 6.45) is 1.76. The van der Waals surface area contributed by atoms with E-state index >= 15 is 0 Å². The fraction of sp³-hybridized carbons (Fsp3) is 0.200. The topological polar surface area (TPSA) is 42.7 Å². The van der Waals surface area contributed by atoms with Crippen LogP contribution in [0.4, 0.5) is 5.69 Å². The standard InChI is InChI=1S/C10H11IN4/c1-15-10(7-13-14-15)6-12-9-4-2-8(11)3-5-9/h2-5,7,12H,6H2,1H3. The molecule has 0 unspecified atom stereocenters. The highest BCUT2D eigenvalue weighted by molar-refractivity contribution is 14.1. The summed E-state index contributed by atoms with van der Waals surface area (Å²) in [4.78, 5) is 0. The zero-order valence-corrected chi connectivity index (χ0v) is 10.5. The number of halogens is 1. The Bertz CT molecular complexity index is 435. The first-order chi connectivity index (χ1) is 7.25. The van der Waals surface area contributed by atoms with E-state index < -0.39 is 0 Å². The highest BCUT2D eigenvalue weighted by Crippen LogP contribution is 2.11. The van der Waals surface area contributed by atoms with Gasteiger partial charge >= 0.3 is 0 Å². The third-order valence-electron chi connectivity index (χ3n) is 2.13. The normalized spacial score (nSPS) is 10.3. The Hall–Kier alpha value is -1.11. The number of hydrogen-bond donors (Lipinski definition) is 1. The van der Waals surface area contributed by atoms with Crippen molar-refractivity contribution < 1.29 is 0 Å². The van der Waals surface area contributed by atoms with Crippen LogP contribution in [0.5, 0.6) is 0 Å². The Balaban J connectivity index is 1.99. The van der Waals surface area contributed by atoms with E-state index in [4.69, 9.17) is 0 Å². The van der Waals surface area contributed by atoms with Gasteiger partial charge in [0.1, 0.15) is 0 Å². The fourth-order valence-corrected chi connectivity index (χ4v) is 1.59. The van der Waals surface area contributed by atoms with E-state index in [9.17, 15) is 0 Å². The minimum Gasteiger partial charge on any atom is -0.379 e. The molecule has 15 heavy (non-hydrogen) atoms. The molecule has 0 spiro atoms. The van der Waals surface area contributed by atoms with Crippen LogP contribution in [0.15, 0.2) is 30.5 Å². The summed E-state index contributed by atoms with van der Waals surface area (Å²) < 4.78 is 3.00.